The second kappa shape index (κ2) is 5.36. The van der Waals surface area contributed by atoms with Crippen LogP contribution in [0, 0.1) is 6.92 Å². The molecule has 0 spiro atoms. The second-order valence-electron chi connectivity index (χ2n) is 4.40. The normalized spacial score (nSPS) is 10.4. The number of rotatable bonds is 3. The molecule has 2 rings (SSSR count). The highest BCUT2D eigenvalue weighted by Gasteiger charge is 2.10. The van der Waals surface area contributed by atoms with E-state index in [2.05, 4.69) is 6.92 Å². The highest BCUT2D eigenvalue weighted by Crippen LogP contribution is 2.18. The molecular formula is C16H15ClO. The Morgan fingerprint density at radius 2 is 1.72 bits per heavy atom. The molecule has 18 heavy (non-hydrogen) atoms. The maximum absolute atomic E-state index is 12.3. The van der Waals surface area contributed by atoms with E-state index in [1.165, 1.54) is 5.56 Å². The molecule has 0 aliphatic rings. The van der Waals surface area contributed by atoms with E-state index >= 15 is 0 Å². The highest BCUT2D eigenvalue weighted by atomic mass is 35.5. The molecule has 1 nitrogen and oxygen atoms in total. The van der Waals surface area contributed by atoms with Crippen molar-refractivity contribution in [3.05, 3.63) is 69.7 Å². The van der Waals surface area contributed by atoms with Gasteiger partial charge in [0.2, 0.25) is 0 Å². The summed E-state index contributed by atoms with van der Waals surface area (Å²) >= 11 is 5.98. The summed E-state index contributed by atoms with van der Waals surface area (Å²) in [4.78, 5) is 12.3. The Hall–Kier alpha value is -1.60. The van der Waals surface area contributed by atoms with Crippen LogP contribution in [-0.2, 0) is 6.42 Å². The van der Waals surface area contributed by atoms with Crippen molar-refractivity contribution in [3.8, 4) is 0 Å². The summed E-state index contributed by atoms with van der Waals surface area (Å²) in [6, 6.07) is 13.1. The fourth-order valence-electron chi connectivity index (χ4n) is 1.93. The van der Waals surface area contributed by atoms with Crippen LogP contribution < -0.4 is 0 Å². The molecule has 0 aromatic heterocycles. The lowest BCUT2D eigenvalue weighted by atomic mass is 10.0. The minimum Gasteiger partial charge on any atom is -0.289 e. The molecule has 92 valence electrons. The lowest BCUT2D eigenvalue weighted by molar-refractivity contribution is 0.103. The maximum atomic E-state index is 12.3. The molecule has 0 aliphatic heterocycles. The smallest absolute Gasteiger partial charge is 0.193 e. The average molecular weight is 259 g/mol. The van der Waals surface area contributed by atoms with Crippen LogP contribution in [0.2, 0.25) is 5.02 Å². The Balaban J connectivity index is 2.34. The Labute approximate surface area is 112 Å². The molecule has 0 heterocycles. The van der Waals surface area contributed by atoms with Crippen LogP contribution in [0.1, 0.15) is 34.0 Å². The van der Waals surface area contributed by atoms with Crippen LogP contribution in [0.5, 0.6) is 0 Å². The molecule has 2 aromatic rings. The van der Waals surface area contributed by atoms with Gasteiger partial charge in [-0.1, -0.05) is 42.8 Å². The van der Waals surface area contributed by atoms with Gasteiger partial charge in [0.25, 0.3) is 0 Å². The van der Waals surface area contributed by atoms with Gasteiger partial charge in [0.15, 0.2) is 5.78 Å². The highest BCUT2D eigenvalue weighted by molar-refractivity contribution is 6.31. The number of carbonyl (C=O) groups excluding carboxylic acids is 1. The largest absolute Gasteiger partial charge is 0.289 e. The van der Waals surface area contributed by atoms with Crippen molar-refractivity contribution in [3.63, 3.8) is 0 Å². The first-order chi connectivity index (χ1) is 8.60. The minimum atomic E-state index is 0.0169. The lowest BCUT2D eigenvalue weighted by Crippen LogP contribution is -2.01. The van der Waals surface area contributed by atoms with Gasteiger partial charge in [-0.2, -0.15) is 0 Å². The summed E-state index contributed by atoms with van der Waals surface area (Å²) in [6.45, 7) is 4.03. The first-order valence-corrected chi connectivity index (χ1v) is 6.39. The summed E-state index contributed by atoms with van der Waals surface area (Å²) in [5.74, 6) is 0.0169. The molecular weight excluding hydrogens is 244 g/mol. The Morgan fingerprint density at radius 3 is 2.28 bits per heavy atom. The summed E-state index contributed by atoms with van der Waals surface area (Å²) in [7, 11) is 0. The molecule has 0 saturated carbocycles. The number of carbonyl (C=O) groups is 1. The van der Waals surface area contributed by atoms with Gasteiger partial charge in [0.1, 0.15) is 0 Å². The molecule has 0 bridgehead atoms. The summed E-state index contributed by atoms with van der Waals surface area (Å²) in [5.41, 5.74) is 3.57. The second-order valence-corrected chi connectivity index (χ2v) is 4.83. The van der Waals surface area contributed by atoms with Gasteiger partial charge >= 0.3 is 0 Å². The molecule has 2 aromatic carbocycles. The zero-order chi connectivity index (χ0) is 13.1. The predicted octanol–water partition coefficient (Wildman–Crippen LogP) is 4.44. The third kappa shape index (κ3) is 2.80. The van der Waals surface area contributed by atoms with E-state index in [9.17, 15) is 4.79 Å². The number of hydrogen-bond donors (Lipinski definition) is 0. The zero-order valence-corrected chi connectivity index (χ0v) is 11.3. The van der Waals surface area contributed by atoms with Crippen molar-refractivity contribution < 1.29 is 4.79 Å². The van der Waals surface area contributed by atoms with E-state index in [4.69, 9.17) is 11.6 Å². The SMILES string of the molecule is CCc1ccc(C(=O)c2cc(C)cc(Cl)c2)cc1. The van der Waals surface area contributed by atoms with E-state index in [-0.39, 0.29) is 5.78 Å². The number of ketones is 1. The number of benzene rings is 2. The van der Waals surface area contributed by atoms with E-state index in [1.807, 2.05) is 43.3 Å². The lowest BCUT2D eigenvalue weighted by Gasteiger charge is -2.04. The van der Waals surface area contributed by atoms with Crippen molar-refractivity contribution in [2.24, 2.45) is 0 Å². The Kier molecular flexibility index (Phi) is 3.83. The number of aryl methyl sites for hydroxylation is 2. The maximum Gasteiger partial charge on any atom is 0.193 e. The number of hydrogen-bond acceptors (Lipinski definition) is 1. The van der Waals surface area contributed by atoms with Crippen molar-refractivity contribution >= 4 is 17.4 Å². The molecule has 0 unspecified atom stereocenters. The summed E-state index contributed by atoms with van der Waals surface area (Å²) in [6.07, 6.45) is 0.977. The monoisotopic (exact) mass is 258 g/mol. The topological polar surface area (TPSA) is 17.1 Å². The van der Waals surface area contributed by atoms with Gasteiger partial charge < -0.3 is 0 Å². The molecule has 0 atom stereocenters. The van der Waals surface area contributed by atoms with E-state index in [0.29, 0.717) is 16.1 Å². The van der Waals surface area contributed by atoms with Crippen molar-refractivity contribution in [2.45, 2.75) is 20.3 Å². The summed E-state index contributed by atoms with van der Waals surface area (Å²) < 4.78 is 0. The quantitative estimate of drug-likeness (QED) is 0.744. The van der Waals surface area contributed by atoms with Crippen LogP contribution in [0.4, 0.5) is 0 Å². The first-order valence-electron chi connectivity index (χ1n) is 6.01. The van der Waals surface area contributed by atoms with Crippen LogP contribution in [0.15, 0.2) is 42.5 Å². The molecule has 0 fully saturated rings. The molecule has 0 saturated heterocycles. The molecule has 0 radical (unpaired) electrons. The van der Waals surface area contributed by atoms with Gasteiger partial charge in [-0.25, -0.2) is 0 Å². The van der Waals surface area contributed by atoms with Crippen LogP contribution in [0.25, 0.3) is 0 Å². The zero-order valence-electron chi connectivity index (χ0n) is 10.5. The average Bonchev–Trinajstić information content (AvgIpc) is 2.37. The molecule has 0 N–H and O–H groups in total. The van der Waals surface area contributed by atoms with Crippen molar-refractivity contribution in [2.75, 3.05) is 0 Å². The van der Waals surface area contributed by atoms with E-state index in [0.717, 1.165) is 12.0 Å². The molecule has 0 aliphatic carbocycles. The molecule has 2 heteroatoms. The standard InChI is InChI=1S/C16H15ClO/c1-3-12-4-6-13(7-5-12)16(18)14-8-11(2)9-15(17)10-14/h4-10H,3H2,1-2H3. The van der Waals surface area contributed by atoms with E-state index in [1.54, 1.807) is 6.07 Å². The van der Waals surface area contributed by atoms with Crippen LogP contribution >= 0.6 is 11.6 Å². The predicted molar refractivity (Wildman–Crippen MR) is 75.4 cm³/mol. The fourth-order valence-corrected chi connectivity index (χ4v) is 2.22. The van der Waals surface area contributed by atoms with Gasteiger partial charge in [-0.3, -0.25) is 4.79 Å². The van der Waals surface area contributed by atoms with Gasteiger partial charge in [0.05, 0.1) is 0 Å². The molecule has 0 amide bonds. The van der Waals surface area contributed by atoms with Gasteiger partial charge in [0, 0.05) is 16.1 Å². The third-order valence-corrected chi connectivity index (χ3v) is 3.15. The van der Waals surface area contributed by atoms with Gasteiger partial charge in [-0.05, 0) is 42.7 Å². The third-order valence-electron chi connectivity index (χ3n) is 2.93. The summed E-state index contributed by atoms with van der Waals surface area (Å²) in [5, 5.41) is 0.600. The van der Waals surface area contributed by atoms with Crippen molar-refractivity contribution in [1.29, 1.82) is 0 Å². The first kappa shape index (κ1) is 12.8. The van der Waals surface area contributed by atoms with E-state index < -0.39 is 0 Å². The van der Waals surface area contributed by atoms with Crippen LogP contribution in [-0.4, -0.2) is 5.78 Å². The fraction of sp³-hybridized carbons (Fsp3) is 0.188. The van der Waals surface area contributed by atoms with Crippen molar-refractivity contribution in [1.82, 2.24) is 0 Å². The van der Waals surface area contributed by atoms with Gasteiger partial charge in [-0.15, -0.1) is 0 Å². The minimum absolute atomic E-state index is 0.0169. The number of halogens is 1. The Bertz CT molecular complexity index is 550. The van der Waals surface area contributed by atoms with Crippen LogP contribution in [0.3, 0.4) is 0 Å². The Morgan fingerprint density at radius 1 is 1.06 bits per heavy atom.